The number of hydrogen-bond acceptors (Lipinski definition) is 17. The van der Waals surface area contributed by atoms with E-state index in [-0.39, 0.29) is 73.6 Å². The summed E-state index contributed by atoms with van der Waals surface area (Å²) >= 11 is 7.98. The summed E-state index contributed by atoms with van der Waals surface area (Å²) in [6.45, 7) is 6.90. The third-order valence-corrected chi connectivity index (χ3v) is 16.7. The van der Waals surface area contributed by atoms with E-state index in [2.05, 4.69) is 5.32 Å². The summed E-state index contributed by atoms with van der Waals surface area (Å²) in [5.74, 6) is -4.34. The molecule has 0 aromatic heterocycles. The van der Waals surface area contributed by atoms with Gasteiger partial charge in [0.05, 0.1) is 30.4 Å². The maximum atomic E-state index is 14.4. The number of carbonyl (C=O) groups is 9. The number of allylic oxidation sites excluding steroid dienone is 3. The van der Waals surface area contributed by atoms with Crippen molar-refractivity contribution in [3.8, 4) is 5.75 Å². The molecule has 4 saturated heterocycles. The Balaban J connectivity index is 0.986. The molecule has 1 saturated carbocycles. The molecule has 1 aromatic rings. The number of nitrogens with one attached hydrogen (secondary N) is 1. The van der Waals surface area contributed by atoms with Gasteiger partial charge in [-0.05, 0) is 83.4 Å². The second-order valence-corrected chi connectivity index (χ2v) is 22.2. The number of esters is 1. The van der Waals surface area contributed by atoms with Crippen molar-refractivity contribution in [1.82, 2.24) is 20.2 Å². The molecule has 6 heterocycles. The number of thioether (sulfide) groups is 1. The number of benzene rings is 1. The van der Waals surface area contributed by atoms with E-state index in [9.17, 15) is 48.3 Å². The minimum absolute atomic E-state index is 0.00255. The fraction of sp³-hybridized carbons (Fsp3) is 0.627. The summed E-state index contributed by atoms with van der Waals surface area (Å²) in [5, 5.41) is 14.4. The van der Waals surface area contributed by atoms with Gasteiger partial charge in [0.2, 0.25) is 23.6 Å². The molecule has 0 spiro atoms. The first-order valence-electron chi connectivity index (χ1n) is 24.8. The molecule has 1 aromatic carbocycles. The van der Waals surface area contributed by atoms with Crippen LogP contribution in [-0.4, -0.2) is 161 Å². The zero-order chi connectivity index (χ0) is 54.0. The lowest BCUT2D eigenvalue weighted by Gasteiger charge is -2.59. The second-order valence-electron chi connectivity index (χ2n) is 20.5. The summed E-state index contributed by atoms with van der Waals surface area (Å²) < 4.78 is 29.7. The average molecular weight is 1070 g/mol. The third-order valence-electron chi connectivity index (χ3n) is 15.1. The lowest BCUT2D eigenvalue weighted by atomic mass is 9.72. The van der Waals surface area contributed by atoms with Crippen molar-refractivity contribution in [3.05, 3.63) is 46.5 Å². The molecule has 21 nitrogen and oxygen atoms in total. The number of carbonyl (C=O) groups excluding carboxylic acids is 9. The first kappa shape index (κ1) is 56.2. The number of imide groups is 2. The predicted octanol–water partition coefficient (Wildman–Crippen LogP) is 4.32. The van der Waals surface area contributed by atoms with Crippen LogP contribution in [0.1, 0.15) is 104 Å². The number of alkyl carbamates (subject to hydrolysis) is 1. The van der Waals surface area contributed by atoms with Crippen molar-refractivity contribution in [1.29, 1.82) is 0 Å². The number of halogens is 1. The van der Waals surface area contributed by atoms with E-state index >= 15 is 0 Å². The van der Waals surface area contributed by atoms with Crippen molar-refractivity contribution in [2.75, 3.05) is 45.5 Å². The van der Waals surface area contributed by atoms with E-state index in [1.807, 2.05) is 13.0 Å². The molecule has 404 valence electrons. The van der Waals surface area contributed by atoms with Crippen LogP contribution in [-0.2, 0) is 68.6 Å². The molecular weight excluding hydrogens is 1010 g/mol. The Labute approximate surface area is 438 Å². The van der Waals surface area contributed by atoms with E-state index in [1.165, 1.54) is 61.7 Å². The minimum atomic E-state index is -1.92. The molecule has 74 heavy (non-hydrogen) atoms. The normalized spacial score (nSPS) is 32.2. The number of fused-ring (bicyclic) bond motifs is 6. The summed E-state index contributed by atoms with van der Waals surface area (Å²) in [6.07, 6.45) is 2.65. The molecule has 6 bridgehead atoms. The van der Waals surface area contributed by atoms with Crippen molar-refractivity contribution in [3.63, 3.8) is 0 Å². The highest BCUT2D eigenvalue weighted by molar-refractivity contribution is 8.00. The van der Waals surface area contributed by atoms with Gasteiger partial charge in [0.25, 0.3) is 11.8 Å². The number of likely N-dealkylation sites (N-methyl/N-ethyl adjacent to an activating group) is 1. The molecule has 7 amide bonds. The van der Waals surface area contributed by atoms with Crippen molar-refractivity contribution >= 4 is 82.5 Å². The van der Waals surface area contributed by atoms with Gasteiger partial charge in [-0.3, -0.25) is 39.0 Å². The SMILES string of the molecule is COc1cc2cc(c1Cl)N(C)C(=O)C[C@H](OC(=O)[C@H](C)N(C)C(=O)CCSC1CC(=O)N(CC3CCC(C(=O)ON4C(=O)CCC4=O)CC3)C1=O)[C@]1(C)C[C@@](C)(O1)[C@@H]1C[C@@](O)(NC(=O)O1)[C@H](OC)/C=C/C=C(\C)C2. The number of methoxy groups -OCH3 is 2. The lowest BCUT2D eigenvalue weighted by Crippen LogP contribution is -2.72. The Morgan fingerprint density at radius 3 is 2.31 bits per heavy atom. The molecule has 8 rings (SSSR count). The molecular formula is C51H66ClN5O16S. The largest absolute Gasteiger partial charge is 0.495 e. The van der Waals surface area contributed by atoms with E-state index < -0.39 is 101 Å². The van der Waals surface area contributed by atoms with Crippen LogP contribution in [0.25, 0.3) is 0 Å². The van der Waals surface area contributed by atoms with Gasteiger partial charge >= 0.3 is 18.0 Å². The van der Waals surface area contributed by atoms with Gasteiger partial charge in [-0.25, -0.2) is 14.4 Å². The van der Waals surface area contributed by atoms with Crippen LogP contribution in [0.2, 0.25) is 5.02 Å². The Morgan fingerprint density at radius 1 is 0.986 bits per heavy atom. The lowest BCUT2D eigenvalue weighted by molar-refractivity contribution is -0.328. The molecule has 7 aliphatic rings. The quantitative estimate of drug-likeness (QED) is 0.206. The maximum absolute atomic E-state index is 14.4. The average Bonchev–Trinajstić information content (AvgIpc) is 3.80. The highest BCUT2D eigenvalue weighted by Crippen LogP contribution is 2.51. The summed E-state index contributed by atoms with van der Waals surface area (Å²) in [7, 11) is 5.83. The first-order valence-corrected chi connectivity index (χ1v) is 26.2. The van der Waals surface area contributed by atoms with Crippen molar-refractivity contribution in [2.45, 2.75) is 151 Å². The Kier molecular flexibility index (Phi) is 17.3. The van der Waals surface area contributed by atoms with Crippen molar-refractivity contribution in [2.24, 2.45) is 11.8 Å². The number of ether oxygens (including phenoxy) is 5. The van der Waals surface area contributed by atoms with Crippen molar-refractivity contribution < 1.29 is 76.8 Å². The van der Waals surface area contributed by atoms with Crippen LogP contribution in [0.4, 0.5) is 10.5 Å². The van der Waals surface area contributed by atoms with Crippen LogP contribution >= 0.6 is 23.4 Å². The number of rotatable bonds is 13. The van der Waals surface area contributed by atoms with Crippen LogP contribution in [0.5, 0.6) is 5.75 Å². The predicted molar refractivity (Wildman–Crippen MR) is 266 cm³/mol. The standard InChI is InChI=1S/C51H66ClN5O16S/c1-28-10-9-11-36(69-8)51(67)25-38(71-48(66)53-51)50(4)27-49(3,73-50)37(24-42(61)55(6)33-21-31(20-28)22-34(68-7)44(33)52)70-46(64)29(2)54(5)39(58)18-19-74-35-23-43(62)56(45(35)63)26-30-12-14-32(15-13-30)47(65)72-57-40(59)16-17-41(57)60/h9-11,21-22,29-30,32,35-38,67H,12-20,23-27H2,1-8H3,(H,53,66)/b11-9+,28-10+/t29-,30?,32?,35?,36+,37-,38-,49-,50+,51-/m0/s1. The van der Waals surface area contributed by atoms with Gasteiger partial charge in [-0.1, -0.05) is 35.4 Å². The van der Waals surface area contributed by atoms with Gasteiger partial charge in [0, 0.05) is 72.0 Å². The van der Waals surface area contributed by atoms with E-state index in [0.29, 0.717) is 48.6 Å². The van der Waals surface area contributed by atoms with Crippen LogP contribution in [0, 0.1) is 11.8 Å². The van der Waals surface area contributed by atoms with Gasteiger partial charge in [0.1, 0.15) is 46.3 Å². The van der Waals surface area contributed by atoms with Gasteiger partial charge in [-0.2, -0.15) is 0 Å². The van der Waals surface area contributed by atoms with Gasteiger partial charge in [0.15, 0.2) is 5.72 Å². The minimum Gasteiger partial charge on any atom is -0.495 e. The molecule has 1 aliphatic carbocycles. The topological polar surface area (TPSA) is 254 Å². The third kappa shape index (κ3) is 12.1. The monoisotopic (exact) mass is 1070 g/mol. The summed E-state index contributed by atoms with van der Waals surface area (Å²) in [5.41, 5.74) is -2.53. The Morgan fingerprint density at radius 2 is 1.66 bits per heavy atom. The number of hydrogen-bond donors (Lipinski definition) is 2. The van der Waals surface area contributed by atoms with Gasteiger partial charge in [-0.15, -0.1) is 16.8 Å². The van der Waals surface area contributed by atoms with E-state index in [4.69, 9.17) is 40.1 Å². The first-order chi connectivity index (χ1) is 34.9. The molecule has 2 N–H and O–H groups in total. The number of likely N-dealkylation sites (tertiary alicyclic amines) is 1. The number of amides is 7. The fourth-order valence-corrected chi connectivity index (χ4v) is 12.0. The zero-order valence-electron chi connectivity index (χ0n) is 43.0. The number of nitrogens with zero attached hydrogens (tertiary/aromatic N) is 4. The summed E-state index contributed by atoms with van der Waals surface area (Å²) in [4.78, 5) is 127. The Hall–Kier alpha value is -5.55. The highest BCUT2D eigenvalue weighted by Gasteiger charge is 2.63. The summed E-state index contributed by atoms with van der Waals surface area (Å²) in [6, 6.07) is 2.36. The highest BCUT2D eigenvalue weighted by atomic mass is 35.5. The van der Waals surface area contributed by atoms with Crippen LogP contribution in [0.15, 0.2) is 35.9 Å². The molecule has 0 radical (unpaired) electrons. The smallest absolute Gasteiger partial charge is 0.409 e. The molecule has 23 heteroatoms. The zero-order valence-corrected chi connectivity index (χ0v) is 44.5. The Bertz CT molecular complexity index is 2470. The number of anilines is 1. The van der Waals surface area contributed by atoms with Gasteiger partial charge < -0.3 is 43.4 Å². The molecule has 6 aliphatic heterocycles. The maximum Gasteiger partial charge on any atom is 0.409 e. The fourth-order valence-electron chi connectivity index (χ4n) is 10.6. The van der Waals surface area contributed by atoms with Crippen LogP contribution < -0.4 is 15.0 Å². The van der Waals surface area contributed by atoms with E-state index in [0.717, 1.165) is 11.1 Å². The number of aliphatic hydroxyl groups is 1. The number of hydroxylamine groups is 2. The van der Waals surface area contributed by atoms with Crippen LogP contribution in [0.3, 0.4) is 0 Å². The molecule has 1 unspecified atom stereocenters. The molecule has 8 atom stereocenters. The molecule has 5 fully saturated rings. The second kappa shape index (κ2) is 22.7. The van der Waals surface area contributed by atoms with E-state index in [1.54, 1.807) is 38.1 Å².